The van der Waals surface area contributed by atoms with Gasteiger partial charge in [-0.1, -0.05) is 18.2 Å². The number of carbonyl (C=O) groups is 1. The Kier molecular flexibility index (Phi) is 5.09. The predicted octanol–water partition coefficient (Wildman–Crippen LogP) is 2.44. The number of anilines is 1. The van der Waals surface area contributed by atoms with Crippen molar-refractivity contribution in [3.8, 4) is 5.75 Å². The Labute approximate surface area is 159 Å². The molecule has 1 aromatic heterocycles. The average molecular weight is 367 g/mol. The zero-order valence-corrected chi connectivity index (χ0v) is 15.5. The minimum Gasteiger partial charge on any atom is -0.489 e. The van der Waals surface area contributed by atoms with Crippen molar-refractivity contribution in [3.05, 3.63) is 48.2 Å². The fourth-order valence-corrected chi connectivity index (χ4v) is 3.72. The molecule has 7 heteroatoms. The summed E-state index contributed by atoms with van der Waals surface area (Å²) in [6.45, 7) is 4.89. The number of hydrogen-bond donors (Lipinski definition) is 1. The van der Waals surface area contributed by atoms with Crippen LogP contribution in [0.2, 0.25) is 0 Å². The van der Waals surface area contributed by atoms with E-state index in [1.807, 2.05) is 48.2 Å². The number of aromatic nitrogens is 2. The monoisotopic (exact) mass is 367 g/mol. The van der Waals surface area contributed by atoms with Crippen molar-refractivity contribution in [2.45, 2.75) is 38.5 Å². The number of nitrogens with one attached hydrogen (secondary N) is 1. The van der Waals surface area contributed by atoms with E-state index in [-0.39, 0.29) is 18.2 Å². The number of ether oxygens (including phenoxy) is 1. The van der Waals surface area contributed by atoms with Gasteiger partial charge in [-0.2, -0.15) is 5.10 Å². The van der Waals surface area contributed by atoms with Crippen LogP contribution < -0.4 is 15.0 Å². The van der Waals surface area contributed by atoms with Gasteiger partial charge in [-0.3, -0.25) is 0 Å². The molecule has 1 N–H and O–H groups in total. The van der Waals surface area contributed by atoms with Crippen molar-refractivity contribution in [1.82, 2.24) is 20.4 Å². The number of carbonyl (C=O) groups excluding carboxylic acids is 1. The van der Waals surface area contributed by atoms with Crippen molar-refractivity contribution >= 4 is 11.8 Å². The molecule has 2 amide bonds. The topological polar surface area (TPSA) is 70.6 Å². The molecular formula is C20H25N5O2. The van der Waals surface area contributed by atoms with Gasteiger partial charge in [0, 0.05) is 30.9 Å². The molecule has 1 atom stereocenters. The van der Waals surface area contributed by atoms with Crippen LogP contribution in [0.5, 0.6) is 5.75 Å². The normalized spacial score (nSPS) is 20.4. The SMILES string of the molecule is CC1CN(C(=O)NC2CCN(c3cccnn3)CC2)Cc2ccccc2O1. The zero-order valence-electron chi connectivity index (χ0n) is 15.5. The second-order valence-electron chi connectivity index (χ2n) is 7.21. The second-order valence-corrected chi connectivity index (χ2v) is 7.21. The van der Waals surface area contributed by atoms with Gasteiger partial charge in [0.05, 0.1) is 13.1 Å². The Hall–Kier alpha value is -2.83. The van der Waals surface area contributed by atoms with Crippen LogP contribution in [-0.2, 0) is 6.54 Å². The molecule has 2 aromatic rings. The van der Waals surface area contributed by atoms with E-state index in [0.717, 1.165) is 43.1 Å². The third-order valence-corrected chi connectivity index (χ3v) is 5.13. The van der Waals surface area contributed by atoms with E-state index < -0.39 is 0 Å². The Morgan fingerprint density at radius 1 is 1.19 bits per heavy atom. The first-order chi connectivity index (χ1) is 13.2. The summed E-state index contributed by atoms with van der Waals surface area (Å²) in [5.41, 5.74) is 1.05. The Balaban J connectivity index is 1.34. The molecule has 1 aromatic carbocycles. The molecule has 3 heterocycles. The number of nitrogens with zero attached hydrogens (tertiary/aromatic N) is 4. The third kappa shape index (κ3) is 4.13. The summed E-state index contributed by atoms with van der Waals surface area (Å²) in [5, 5.41) is 11.3. The fraction of sp³-hybridized carbons (Fsp3) is 0.450. The van der Waals surface area contributed by atoms with Crippen LogP contribution in [-0.4, -0.2) is 52.9 Å². The third-order valence-electron chi connectivity index (χ3n) is 5.13. The van der Waals surface area contributed by atoms with E-state index in [0.29, 0.717) is 13.1 Å². The van der Waals surface area contributed by atoms with Crippen LogP contribution >= 0.6 is 0 Å². The van der Waals surface area contributed by atoms with Gasteiger partial charge in [0.15, 0.2) is 5.82 Å². The molecule has 0 saturated carbocycles. The standard InChI is InChI=1S/C20H25N5O2/c1-15-13-25(14-16-5-2-3-6-18(16)27-15)20(26)22-17-8-11-24(12-9-17)19-7-4-10-21-23-19/h2-7,10,15,17H,8-9,11-14H2,1H3,(H,22,26). The van der Waals surface area contributed by atoms with Crippen LogP contribution in [0.15, 0.2) is 42.6 Å². The van der Waals surface area contributed by atoms with Gasteiger partial charge in [0.1, 0.15) is 11.9 Å². The lowest BCUT2D eigenvalue weighted by Gasteiger charge is -2.34. The molecule has 1 saturated heterocycles. The Morgan fingerprint density at radius 2 is 2.00 bits per heavy atom. The molecule has 1 unspecified atom stereocenters. The first kappa shape index (κ1) is 17.6. The van der Waals surface area contributed by atoms with Gasteiger partial charge in [0.25, 0.3) is 0 Å². The smallest absolute Gasteiger partial charge is 0.318 e. The maximum absolute atomic E-state index is 12.8. The number of rotatable bonds is 2. The summed E-state index contributed by atoms with van der Waals surface area (Å²) >= 11 is 0. The molecule has 0 radical (unpaired) electrons. The van der Waals surface area contributed by atoms with Gasteiger partial charge < -0.3 is 19.9 Å². The average Bonchev–Trinajstić information content (AvgIpc) is 2.87. The molecular weight excluding hydrogens is 342 g/mol. The minimum absolute atomic E-state index is 0.0138. The number of benzene rings is 1. The van der Waals surface area contributed by atoms with Gasteiger partial charge in [-0.15, -0.1) is 5.10 Å². The largest absolute Gasteiger partial charge is 0.489 e. The van der Waals surface area contributed by atoms with Crippen molar-refractivity contribution in [3.63, 3.8) is 0 Å². The van der Waals surface area contributed by atoms with E-state index >= 15 is 0 Å². The Bertz CT molecular complexity index is 777. The van der Waals surface area contributed by atoms with Crippen LogP contribution in [0.4, 0.5) is 10.6 Å². The number of piperidine rings is 1. The zero-order chi connectivity index (χ0) is 18.6. The number of urea groups is 1. The summed E-state index contributed by atoms with van der Waals surface area (Å²) in [6.07, 6.45) is 3.45. The van der Waals surface area contributed by atoms with Crippen LogP contribution in [0.25, 0.3) is 0 Å². The highest BCUT2D eigenvalue weighted by atomic mass is 16.5. The number of para-hydroxylation sites is 1. The molecule has 0 spiro atoms. The molecule has 27 heavy (non-hydrogen) atoms. The van der Waals surface area contributed by atoms with E-state index in [9.17, 15) is 4.79 Å². The molecule has 7 nitrogen and oxygen atoms in total. The van der Waals surface area contributed by atoms with Crippen LogP contribution in [0, 0.1) is 0 Å². The quantitative estimate of drug-likeness (QED) is 0.883. The van der Waals surface area contributed by atoms with Crippen molar-refractivity contribution in [2.75, 3.05) is 24.5 Å². The highest BCUT2D eigenvalue weighted by Crippen LogP contribution is 2.25. The molecule has 2 aliphatic heterocycles. The molecule has 0 bridgehead atoms. The maximum Gasteiger partial charge on any atom is 0.318 e. The van der Waals surface area contributed by atoms with E-state index in [1.54, 1.807) is 6.20 Å². The summed E-state index contributed by atoms with van der Waals surface area (Å²) in [4.78, 5) is 16.9. The molecule has 142 valence electrons. The lowest BCUT2D eigenvalue weighted by Crippen LogP contribution is -2.50. The van der Waals surface area contributed by atoms with Crippen LogP contribution in [0.1, 0.15) is 25.3 Å². The molecule has 1 fully saturated rings. The number of fused-ring (bicyclic) bond motifs is 1. The van der Waals surface area contributed by atoms with Crippen molar-refractivity contribution in [1.29, 1.82) is 0 Å². The Morgan fingerprint density at radius 3 is 2.78 bits per heavy atom. The van der Waals surface area contributed by atoms with Gasteiger partial charge >= 0.3 is 6.03 Å². The molecule has 4 rings (SSSR count). The van der Waals surface area contributed by atoms with Gasteiger partial charge in [-0.05, 0) is 38.0 Å². The number of hydrogen-bond acceptors (Lipinski definition) is 5. The van der Waals surface area contributed by atoms with Gasteiger partial charge in [-0.25, -0.2) is 4.79 Å². The number of amides is 2. The van der Waals surface area contributed by atoms with Gasteiger partial charge in [0.2, 0.25) is 0 Å². The first-order valence-corrected chi connectivity index (χ1v) is 9.51. The first-order valence-electron chi connectivity index (χ1n) is 9.51. The van der Waals surface area contributed by atoms with Crippen LogP contribution in [0.3, 0.4) is 0 Å². The molecule has 2 aliphatic rings. The van der Waals surface area contributed by atoms with E-state index in [4.69, 9.17) is 4.74 Å². The summed E-state index contributed by atoms with van der Waals surface area (Å²) in [6, 6.07) is 12.0. The second kappa shape index (κ2) is 7.82. The highest BCUT2D eigenvalue weighted by Gasteiger charge is 2.27. The summed E-state index contributed by atoms with van der Waals surface area (Å²) in [5.74, 6) is 1.77. The molecule has 0 aliphatic carbocycles. The lowest BCUT2D eigenvalue weighted by atomic mass is 10.1. The lowest BCUT2D eigenvalue weighted by molar-refractivity contribution is 0.155. The highest BCUT2D eigenvalue weighted by molar-refractivity contribution is 5.75. The minimum atomic E-state index is -0.0297. The fourth-order valence-electron chi connectivity index (χ4n) is 3.72. The predicted molar refractivity (Wildman–Crippen MR) is 103 cm³/mol. The summed E-state index contributed by atoms with van der Waals surface area (Å²) in [7, 11) is 0. The van der Waals surface area contributed by atoms with E-state index in [2.05, 4.69) is 20.4 Å². The summed E-state index contributed by atoms with van der Waals surface area (Å²) < 4.78 is 5.95. The van der Waals surface area contributed by atoms with Crippen molar-refractivity contribution in [2.24, 2.45) is 0 Å². The van der Waals surface area contributed by atoms with Crippen molar-refractivity contribution < 1.29 is 9.53 Å². The van der Waals surface area contributed by atoms with E-state index in [1.165, 1.54) is 0 Å². The maximum atomic E-state index is 12.8.